The number of halogens is 2. The standard InChI is InChI=1S/C11H13F.C7H7BrO.C3H8.C2H6.2CH3.K/c1-2-8-5-6-10(12)7-11(8)9-3-4-9;1-9-7-4-2-3-6(8)5-7;1-3-2;1-2;;;/h5-7,9H,2-4H2,1H3;2-5H,1H3;3H2,1-2H3;1-2H3;2*1H3;/q;;;;2*-1;+1. The average molecular weight is 495 g/mol. The molecule has 0 atom stereocenters. The largest absolute Gasteiger partial charge is 1.00 e. The summed E-state index contributed by atoms with van der Waals surface area (Å²) in [5.74, 6) is 1.45. The van der Waals surface area contributed by atoms with Gasteiger partial charge in [0.1, 0.15) is 11.6 Å². The Kier molecular flexibility index (Phi) is 29.0. The van der Waals surface area contributed by atoms with Crippen LogP contribution in [0, 0.1) is 20.7 Å². The predicted octanol–water partition coefficient (Wildman–Crippen LogP) is 6.07. The maximum Gasteiger partial charge on any atom is 1.00 e. The minimum Gasteiger partial charge on any atom is -0.497 e. The first-order valence-corrected chi connectivity index (χ1v) is 10.4. The maximum absolute atomic E-state index is 12.9. The minimum atomic E-state index is -0.0888. The summed E-state index contributed by atoms with van der Waals surface area (Å²) in [5, 5.41) is 0. The van der Waals surface area contributed by atoms with Crippen LogP contribution < -0.4 is 56.1 Å². The summed E-state index contributed by atoms with van der Waals surface area (Å²) in [6.45, 7) is 10.4. The molecule has 0 radical (unpaired) electrons. The molecule has 2 aromatic rings. The van der Waals surface area contributed by atoms with E-state index in [0.29, 0.717) is 5.92 Å². The first-order chi connectivity index (χ1) is 12.5. The van der Waals surface area contributed by atoms with Crippen LogP contribution in [0.3, 0.4) is 0 Å². The molecule has 1 aliphatic carbocycles. The van der Waals surface area contributed by atoms with Crippen LogP contribution in [0.5, 0.6) is 5.75 Å². The van der Waals surface area contributed by atoms with E-state index in [1.807, 2.05) is 44.2 Å². The first kappa shape index (κ1) is 36.6. The van der Waals surface area contributed by atoms with Crippen molar-refractivity contribution in [2.45, 2.75) is 66.2 Å². The van der Waals surface area contributed by atoms with Crippen molar-refractivity contribution < 1.29 is 60.5 Å². The van der Waals surface area contributed by atoms with Crippen molar-refractivity contribution >= 4 is 15.9 Å². The SMILES string of the molecule is CC.CCC.CCc1ccc(F)cc1C1CC1.COc1cccc(Br)c1.[CH3-].[CH3-].[K+]. The molecular formula is C25H40BrFKO-. The van der Waals surface area contributed by atoms with Gasteiger partial charge in [0.2, 0.25) is 0 Å². The molecule has 0 amide bonds. The molecule has 1 aliphatic rings. The van der Waals surface area contributed by atoms with Crippen LogP contribution in [-0.4, -0.2) is 7.11 Å². The zero-order valence-electron chi connectivity index (χ0n) is 20.1. The Morgan fingerprint density at radius 1 is 1.00 bits per heavy atom. The van der Waals surface area contributed by atoms with Crippen LogP contribution >= 0.6 is 15.9 Å². The van der Waals surface area contributed by atoms with Gasteiger partial charge in [-0.3, -0.25) is 0 Å². The topological polar surface area (TPSA) is 9.23 Å². The Morgan fingerprint density at radius 2 is 1.55 bits per heavy atom. The second-order valence-corrected chi connectivity index (χ2v) is 6.76. The molecule has 3 rings (SSSR count). The van der Waals surface area contributed by atoms with Crippen molar-refractivity contribution in [3.63, 3.8) is 0 Å². The molecule has 29 heavy (non-hydrogen) atoms. The summed E-state index contributed by atoms with van der Waals surface area (Å²) >= 11 is 3.32. The molecule has 1 saturated carbocycles. The Bertz CT molecular complexity index is 616. The van der Waals surface area contributed by atoms with E-state index in [2.05, 4.69) is 36.7 Å². The number of ether oxygens (including phenoxy) is 1. The second kappa shape index (κ2) is 23.0. The molecule has 162 valence electrons. The summed E-state index contributed by atoms with van der Waals surface area (Å²) in [7, 11) is 1.65. The van der Waals surface area contributed by atoms with Crippen LogP contribution in [0.1, 0.15) is 70.9 Å². The Morgan fingerprint density at radius 3 is 1.93 bits per heavy atom. The van der Waals surface area contributed by atoms with E-state index in [1.54, 1.807) is 19.2 Å². The third-order valence-corrected chi connectivity index (χ3v) is 4.03. The van der Waals surface area contributed by atoms with E-state index >= 15 is 0 Å². The Labute approximate surface area is 231 Å². The van der Waals surface area contributed by atoms with E-state index in [9.17, 15) is 4.39 Å². The molecule has 0 N–H and O–H groups in total. The predicted molar refractivity (Wildman–Crippen MR) is 129 cm³/mol. The zero-order chi connectivity index (χ0) is 19.9. The number of hydrogen-bond acceptors (Lipinski definition) is 1. The summed E-state index contributed by atoms with van der Waals surface area (Å²) < 4.78 is 18.9. The van der Waals surface area contributed by atoms with Crippen LogP contribution in [0.25, 0.3) is 0 Å². The quantitative estimate of drug-likeness (QED) is 0.372. The van der Waals surface area contributed by atoms with Gasteiger partial charge in [-0.25, -0.2) is 4.39 Å². The Hall–Kier alpha value is 0.286. The molecular weight excluding hydrogens is 454 g/mol. The van der Waals surface area contributed by atoms with Crippen LogP contribution in [0.4, 0.5) is 4.39 Å². The summed E-state index contributed by atoms with van der Waals surface area (Å²) in [5.41, 5.74) is 2.57. The number of benzene rings is 2. The van der Waals surface area contributed by atoms with Crippen LogP contribution in [-0.2, 0) is 6.42 Å². The molecule has 0 aromatic heterocycles. The Balaban J connectivity index is -0.000000166. The molecule has 0 spiro atoms. The third-order valence-electron chi connectivity index (χ3n) is 3.54. The number of aryl methyl sites for hydroxylation is 1. The van der Waals surface area contributed by atoms with Crippen molar-refractivity contribution in [2.75, 3.05) is 7.11 Å². The van der Waals surface area contributed by atoms with E-state index in [-0.39, 0.29) is 72.1 Å². The molecule has 2 aromatic carbocycles. The van der Waals surface area contributed by atoms with Gasteiger partial charge in [0.05, 0.1) is 7.11 Å². The second-order valence-electron chi connectivity index (χ2n) is 5.84. The van der Waals surface area contributed by atoms with Crippen LogP contribution in [0.15, 0.2) is 46.9 Å². The van der Waals surface area contributed by atoms with Gasteiger partial charge in [-0.2, -0.15) is 0 Å². The van der Waals surface area contributed by atoms with Crippen molar-refractivity contribution in [1.29, 1.82) is 0 Å². The van der Waals surface area contributed by atoms with Crippen molar-refractivity contribution in [3.05, 3.63) is 78.7 Å². The number of hydrogen-bond donors (Lipinski definition) is 0. The molecule has 0 aliphatic heterocycles. The van der Waals surface area contributed by atoms with E-state index < -0.39 is 0 Å². The van der Waals surface area contributed by atoms with E-state index in [4.69, 9.17) is 4.74 Å². The molecule has 0 heterocycles. The van der Waals surface area contributed by atoms with E-state index in [1.165, 1.54) is 30.4 Å². The molecule has 1 nitrogen and oxygen atoms in total. The van der Waals surface area contributed by atoms with Crippen molar-refractivity contribution in [1.82, 2.24) is 0 Å². The average Bonchev–Trinajstić information content (AvgIpc) is 3.50. The molecule has 0 saturated heterocycles. The molecule has 0 bridgehead atoms. The van der Waals surface area contributed by atoms with Gasteiger partial charge in [0, 0.05) is 4.47 Å². The monoisotopic (exact) mass is 493 g/mol. The number of rotatable bonds is 3. The zero-order valence-corrected chi connectivity index (χ0v) is 24.8. The van der Waals surface area contributed by atoms with Gasteiger partial charge in [0.15, 0.2) is 0 Å². The van der Waals surface area contributed by atoms with Crippen molar-refractivity contribution in [2.24, 2.45) is 0 Å². The van der Waals surface area contributed by atoms with Crippen molar-refractivity contribution in [3.8, 4) is 5.75 Å². The van der Waals surface area contributed by atoms with Gasteiger partial charge in [-0.15, -0.1) is 0 Å². The van der Waals surface area contributed by atoms with Gasteiger partial charge in [0.25, 0.3) is 0 Å². The fraction of sp³-hybridized carbons (Fsp3) is 0.440. The fourth-order valence-electron chi connectivity index (χ4n) is 2.26. The maximum atomic E-state index is 12.9. The van der Waals surface area contributed by atoms with Gasteiger partial charge < -0.3 is 19.6 Å². The number of methoxy groups -OCH3 is 1. The molecule has 4 heteroatoms. The normalized spacial score (nSPS) is 10.5. The van der Waals surface area contributed by atoms with E-state index in [0.717, 1.165) is 16.6 Å². The molecule has 0 unspecified atom stereocenters. The smallest absolute Gasteiger partial charge is 0.497 e. The van der Waals surface area contributed by atoms with Gasteiger partial charge >= 0.3 is 51.4 Å². The summed E-state index contributed by atoms with van der Waals surface area (Å²) in [4.78, 5) is 0. The third kappa shape index (κ3) is 16.6. The molecule has 1 fully saturated rings. The van der Waals surface area contributed by atoms with Crippen LogP contribution in [0.2, 0.25) is 0 Å². The summed E-state index contributed by atoms with van der Waals surface area (Å²) in [6.07, 6.45) is 4.76. The summed E-state index contributed by atoms with van der Waals surface area (Å²) in [6, 6.07) is 12.9. The first-order valence-electron chi connectivity index (χ1n) is 9.63. The minimum absolute atomic E-state index is 0. The van der Waals surface area contributed by atoms with Gasteiger partial charge in [-0.05, 0) is 66.6 Å². The fourth-order valence-corrected chi connectivity index (χ4v) is 2.63. The van der Waals surface area contributed by atoms with Gasteiger partial charge in [-0.1, -0.05) is 69.1 Å².